The fraction of sp³-hybridized carbons (Fsp3) is 0.250. The van der Waals surface area contributed by atoms with Crippen molar-refractivity contribution in [1.82, 2.24) is 14.9 Å². The number of aromatic nitrogens is 2. The average molecular weight is 331 g/mol. The average Bonchev–Trinajstić information content (AvgIpc) is 2.53. The van der Waals surface area contributed by atoms with Crippen LogP contribution < -0.4 is 16.6 Å². The summed E-state index contributed by atoms with van der Waals surface area (Å²) in [5, 5.41) is 11.6. The Morgan fingerprint density at radius 2 is 1.92 bits per heavy atom. The lowest BCUT2D eigenvalue weighted by Gasteiger charge is -2.15. The maximum absolute atomic E-state index is 12.0. The molecule has 8 heteroatoms. The normalized spacial score (nSPS) is 11.7. The van der Waals surface area contributed by atoms with E-state index in [1.807, 2.05) is 6.07 Å². The van der Waals surface area contributed by atoms with Gasteiger partial charge in [-0.05, 0) is 12.5 Å². The zero-order valence-corrected chi connectivity index (χ0v) is 13.0. The zero-order chi connectivity index (χ0) is 17.7. The lowest BCUT2D eigenvalue weighted by atomic mass is 10.1. The third-order valence-electron chi connectivity index (χ3n) is 3.42. The molecule has 1 heterocycles. The second kappa shape index (κ2) is 7.40. The highest BCUT2D eigenvalue weighted by Crippen LogP contribution is 2.03. The molecule has 0 bridgehead atoms. The zero-order valence-electron chi connectivity index (χ0n) is 13.0. The number of hydrogen-bond acceptors (Lipinski definition) is 4. The molecule has 126 valence electrons. The minimum Gasteiger partial charge on any atom is -0.480 e. The molecule has 1 aromatic heterocycles. The van der Waals surface area contributed by atoms with E-state index in [1.54, 1.807) is 24.3 Å². The van der Waals surface area contributed by atoms with Gasteiger partial charge in [0, 0.05) is 18.2 Å². The van der Waals surface area contributed by atoms with Crippen molar-refractivity contribution in [2.75, 3.05) is 0 Å². The highest BCUT2D eigenvalue weighted by molar-refractivity contribution is 5.83. The Balaban J connectivity index is 2.09. The van der Waals surface area contributed by atoms with E-state index in [1.165, 1.54) is 13.1 Å². The second-order valence-corrected chi connectivity index (χ2v) is 5.35. The van der Waals surface area contributed by atoms with Gasteiger partial charge in [0.1, 0.15) is 12.6 Å². The van der Waals surface area contributed by atoms with Crippen LogP contribution in [0.25, 0.3) is 0 Å². The lowest BCUT2D eigenvalue weighted by Crippen LogP contribution is -2.45. The summed E-state index contributed by atoms with van der Waals surface area (Å²) in [5.74, 6) is -1.80. The van der Waals surface area contributed by atoms with Crippen LogP contribution in [0.15, 0.2) is 46.1 Å². The molecule has 0 saturated carbocycles. The SMILES string of the molecule is Cc1cn(CC(=O)N[C@@H](Cc2ccccc2)C(=O)O)c(=O)[nH]c1=O. The van der Waals surface area contributed by atoms with Crippen molar-refractivity contribution < 1.29 is 14.7 Å². The van der Waals surface area contributed by atoms with Gasteiger partial charge in [-0.25, -0.2) is 9.59 Å². The first-order chi connectivity index (χ1) is 11.4. The number of carbonyl (C=O) groups excluding carboxylic acids is 1. The Kier molecular flexibility index (Phi) is 5.31. The van der Waals surface area contributed by atoms with Gasteiger partial charge in [-0.1, -0.05) is 30.3 Å². The van der Waals surface area contributed by atoms with Crippen molar-refractivity contribution >= 4 is 11.9 Å². The van der Waals surface area contributed by atoms with Crippen LogP contribution in [0.3, 0.4) is 0 Å². The third kappa shape index (κ3) is 4.42. The van der Waals surface area contributed by atoms with Crippen LogP contribution in [0.2, 0.25) is 0 Å². The monoisotopic (exact) mass is 331 g/mol. The van der Waals surface area contributed by atoms with E-state index in [0.717, 1.165) is 10.1 Å². The molecule has 2 aromatic rings. The number of aromatic amines is 1. The largest absolute Gasteiger partial charge is 0.480 e. The predicted octanol–water partition coefficient (Wildman–Crippen LogP) is -0.343. The number of aryl methyl sites for hydroxylation is 1. The van der Waals surface area contributed by atoms with Crippen LogP contribution in [0, 0.1) is 6.92 Å². The van der Waals surface area contributed by atoms with Crippen molar-refractivity contribution in [3.05, 3.63) is 68.5 Å². The van der Waals surface area contributed by atoms with Gasteiger partial charge < -0.3 is 10.4 Å². The van der Waals surface area contributed by atoms with Gasteiger partial charge in [-0.3, -0.25) is 19.1 Å². The van der Waals surface area contributed by atoms with Crippen molar-refractivity contribution in [3.63, 3.8) is 0 Å². The summed E-state index contributed by atoms with van der Waals surface area (Å²) >= 11 is 0. The molecule has 0 spiro atoms. The number of H-pyrrole nitrogens is 1. The minimum absolute atomic E-state index is 0.126. The Morgan fingerprint density at radius 1 is 1.25 bits per heavy atom. The van der Waals surface area contributed by atoms with Gasteiger partial charge in [0.2, 0.25) is 5.91 Å². The molecule has 1 amide bonds. The first-order valence-corrected chi connectivity index (χ1v) is 7.23. The van der Waals surface area contributed by atoms with Crippen molar-refractivity contribution in [3.8, 4) is 0 Å². The Labute approximate surface area is 136 Å². The minimum atomic E-state index is -1.17. The van der Waals surface area contributed by atoms with Gasteiger partial charge in [0.05, 0.1) is 0 Å². The molecule has 0 aliphatic carbocycles. The van der Waals surface area contributed by atoms with Crippen LogP contribution in [0.4, 0.5) is 0 Å². The van der Waals surface area contributed by atoms with Crippen molar-refractivity contribution in [2.24, 2.45) is 0 Å². The van der Waals surface area contributed by atoms with Gasteiger partial charge in [0.15, 0.2) is 0 Å². The van der Waals surface area contributed by atoms with Crippen LogP contribution in [-0.2, 0) is 22.6 Å². The molecular weight excluding hydrogens is 314 g/mol. The second-order valence-electron chi connectivity index (χ2n) is 5.35. The Bertz CT molecular complexity index is 854. The highest BCUT2D eigenvalue weighted by Gasteiger charge is 2.20. The molecule has 0 radical (unpaired) electrons. The molecule has 0 aliphatic rings. The maximum Gasteiger partial charge on any atom is 0.328 e. The first-order valence-electron chi connectivity index (χ1n) is 7.23. The molecule has 0 fully saturated rings. The molecule has 1 atom stereocenters. The Hall–Kier alpha value is -3.16. The van der Waals surface area contributed by atoms with E-state index in [9.17, 15) is 24.3 Å². The fourth-order valence-electron chi connectivity index (χ4n) is 2.18. The number of aliphatic carboxylic acids is 1. The molecule has 24 heavy (non-hydrogen) atoms. The Morgan fingerprint density at radius 3 is 2.54 bits per heavy atom. The van der Waals surface area contributed by atoms with Gasteiger partial charge in [-0.2, -0.15) is 0 Å². The summed E-state index contributed by atoms with van der Waals surface area (Å²) in [5.41, 5.74) is -0.205. The first kappa shape index (κ1) is 17.2. The summed E-state index contributed by atoms with van der Waals surface area (Å²) in [6, 6.07) is 7.77. The van der Waals surface area contributed by atoms with E-state index >= 15 is 0 Å². The van der Waals surface area contributed by atoms with Crippen LogP contribution in [-0.4, -0.2) is 32.6 Å². The van der Waals surface area contributed by atoms with Crippen LogP contribution >= 0.6 is 0 Å². The van der Waals surface area contributed by atoms with E-state index in [4.69, 9.17) is 0 Å². The molecular formula is C16H17N3O5. The molecule has 0 saturated heterocycles. The highest BCUT2D eigenvalue weighted by atomic mass is 16.4. The summed E-state index contributed by atoms with van der Waals surface area (Å²) in [6.07, 6.45) is 1.38. The third-order valence-corrected chi connectivity index (χ3v) is 3.42. The summed E-state index contributed by atoms with van der Waals surface area (Å²) in [4.78, 5) is 48.4. The van der Waals surface area contributed by atoms with E-state index in [-0.39, 0.29) is 18.5 Å². The van der Waals surface area contributed by atoms with Crippen LogP contribution in [0.5, 0.6) is 0 Å². The van der Waals surface area contributed by atoms with Gasteiger partial charge in [0.25, 0.3) is 5.56 Å². The fourth-order valence-corrected chi connectivity index (χ4v) is 2.18. The number of nitrogens with one attached hydrogen (secondary N) is 2. The van der Waals surface area contributed by atoms with E-state index in [0.29, 0.717) is 0 Å². The van der Waals surface area contributed by atoms with Crippen molar-refractivity contribution in [1.29, 1.82) is 0 Å². The number of carbonyl (C=O) groups is 2. The summed E-state index contributed by atoms with van der Waals surface area (Å²) in [7, 11) is 0. The van der Waals surface area contributed by atoms with E-state index < -0.39 is 29.2 Å². The number of benzene rings is 1. The summed E-state index contributed by atoms with van der Waals surface area (Å²) in [6.45, 7) is 1.12. The number of amides is 1. The molecule has 8 nitrogen and oxygen atoms in total. The molecule has 3 N–H and O–H groups in total. The number of carboxylic acids is 1. The predicted molar refractivity (Wildman–Crippen MR) is 85.8 cm³/mol. The number of rotatable bonds is 6. The van der Waals surface area contributed by atoms with Gasteiger partial charge >= 0.3 is 11.7 Å². The molecule has 1 aromatic carbocycles. The quantitative estimate of drug-likeness (QED) is 0.668. The molecule has 0 unspecified atom stereocenters. The number of hydrogen-bond donors (Lipinski definition) is 3. The molecule has 2 rings (SSSR count). The number of nitrogens with zero attached hydrogens (tertiary/aromatic N) is 1. The molecule has 0 aliphatic heterocycles. The van der Waals surface area contributed by atoms with Crippen LogP contribution in [0.1, 0.15) is 11.1 Å². The van der Waals surface area contributed by atoms with Gasteiger partial charge in [-0.15, -0.1) is 0 Å². The lowest BCUT2D eigenvalue weighted by molar-refractivity contribution is -0.141. The van der Waals surface area contributed by atoms with E-state index in [2.05, 4.69) is 10.3 Å². The smallest absolute Gasteiger partial charge is 0.328 e. The summed E-state index contributed by atoms with van der Waals surface area (Å²) < 4.78 is 1.02. The number of carboxylic acid groups (broad SMARTS) is 1. The van der Waals surface area contributed by atoms with Crippen molar-refractivity contribution in [2.45, 2.75) is 25.9 Å². The topological polar surface area (TPSA) is 121 Å². The standard InChI is InChI=1S/C16H17N3O5/c1-10-8-19(16(24)18-14(10)21)9-13(20)17-12(15(22)23)7-11-5-3-2-4-6-11/h2-6,8,12H,7,9H2,1H3,(H,17,20)(H,22,23)(H,18,21,24)/t12-/m0/s1. The maximum atomic E-state index is 12.0.